The van der Waals surface area contributed by atoms with Crippen molar-refractivity contribution in [3.8, 4) is 0 Å². The molecule has 16 heavy (non-hydrogen) atoms. The van der Waals surface area contributed by atoms with E-state index < -0.39 is 0 Å². The Morgan fingerprint density at radius 1 is 1.12 bits per heavy atom. The molecule has 4 heteroatoms. The van der Waals surface area contributed by atoms with Crippen LogP contribution in [0, 0.1) is 0 Å². The van der Waals surface area contributed by atoms with Gasteiger partial charge in [0.25, 0.3) is 0 Å². The van der Waals surface area contributed by atoms with Crippen molar-refractivity contribution in [1.82, 2.24) is 5.32 Å². The zero-order chi connectivity index (χ0) is 11.2. The molecule has 3 N–H and O–H groups in total. The average Bonchev–Trinajstić information content (AvgIpc) is 2.31. The topological polar surface area (TPSA) is 50.4 Å². The van der Waals surface area contributed by atoms with Crippen molar-refractivity contribution >= 4 is 17.7 Å². The Bertz CT molecular complexity index is 230. The van der Waals surface area contributed by atoms with Crippen LogP contribution in [0.2, 0.25) is 0 Å². The highest BCUT2D eigenvalue weighted by atomic mass is 32.2. The number of guanidine groups is 1. The van der Waals surface area contributed by atoms with Crippen LogP contribution in [0.1, 0.15) is 44.9 Å². The van der Waals surface area contributed by atoms with E-state index in [-0.39, 0.29) is 0 Å². The summed E-state index contributed by atoms with van der Waals surface area (Å²) >= 11 is 2.02. The number of thioether (sulfide) groups is 1. The number of nitrogens with zero attached hydrogens (tertiary/aromatic N) is 1. The second-order valence-corrected chi connectivity index (χ2v) is 6.01. The normalized spacial score (nSPS) is 29.0. The van der Waals surface area contributed by atoms with E-state index in [4.69, 9.17) is 5.73 Å². The maximum Gasteiger partial charge on any atom is 0.189 e. The Labute approximate surface area is 103 Å². The van der Waals surface area contributed by atoms with Crippen molar-refractivity contribution in [2.75, 3.05) is 11.5 Å². The monoisotopic (exact) mass is 241 g/mol. The lowest BCUT2D eigenvalue weighted by Gasteiger charge is -2.24. The molecule has 1 heterocycles. The van der Waals surface area contributed by atoms with Gasteiger partial charge in [0.15, 0.2) is 5.96 Å². The SMILES string of the molecule is NC(=NC1CCCCC1)NC1CCCSC1. The molecule has 0 aromatic carbocycles. The minimum absolute atomic E-state index is 0.484. The quantitative estimate of drug-likeness (QED) is 0.575. The largest absolute Gasteiger partial charge is 0.370 e. The summed E-state index contributed by atoms with van der Waals surface area (Å²) < 4.78 is 0. The van der Waals surface area contributed by atoms with Crippen LogP contribution in [0.25, 0.3) is 0 Å². The molecule has 1 unspecified atom stereocenters. The molecule has 1 saturated heterocycles. The zero-order valence-corrected chi connectivity index (χ0v) is 10.8. The van der Waals surface area contributed by atoms with E-state index in [0.717, 1.165) is 0 Å². The lowest BCUT2D eigenvalue weighted by atomic mass is 9.96. The van der Waals surface area contributed by atoms with Gasteiger partial charge >= 0.3 is 0 Å². The van der Waals surface area contributed by atoms with Gasteiger partial charge in [0, 0.05) is 11.8 Å². The molecule has 0 spiro atoms. The van der Waals surface area contributed by atoms with Gasteiger partial charge in [-0.05, 0) is 31.4 Å². The van der Waals surface area contributed by atoms with Gasteiger partial charge in [0.05, 0.1) is 6.04 Å². The lowest BCUT2D eigenvalue weighted by molar-refractivity contribution is 0.441. The van der Waals surface area contributed by atoms with E-state index in [0.29, 0.717) is 18.0 Å². The van der Waals surface area contributed by atoms with E-state index in [1.54, 1.807) is 0 Å². The maximum atomic E-state index is 5.97. The van der Waals surface area contributed by atoms with Crippen molar-refractivity contribution < 1.29 is 0 Å². The molecule has 92 valence electrons. The van der Waals surface area contributed by atoms with E-state index in [2.05, 4.69) is 10.3 Å². The maximum absolute atomic E-state index is 5.97. The highest BCUT2D eigenvalue weighted by Crippen LogP contribution is 2.20. The summed E-state index contributed by atoms with van der Waals surface area (Å²) in [4.78, 5) is 4.60. The summed E-state index contributed by atoms with van der Waals surface area (Å²) in [5.74, 6) is 3.16. The van der Waals surface area contributed by atoms with Crippen LogP contribution in [0.4, 0.5) is 0 Å². The Morgan fingerprint density at radius 3 is 2.62 bits per heavy atom. The Morgan fingerprint density at radius 2 is 1.94 bits per heavy atom. The standard InChI is InChI=1S/C12H23N3S/c13-12(14-10-5-2-1-3-6-10)15-11-7-4-8-16-9-11/h10-11H,1-9H2,(H3,13,14,15). The molecule has 0 amide bonds. The summed E-state index contributed by atoms with van der Waals surface area (Å²) in [5.41, 5.74) is 5.97. The molecular weight excluding hydrogens is 218 g/mol. The van der Waals surface area contributed by atoms with Gasteiger partial charge in [-0.2, -0.15) is 11.8 Å². The third-order valence-corrected chi connectivity index (χ3v) is 4.62. The first-order chi connectivity index (χ1) is 7.84. The van der Waals surface area contributed by atoms with Crippen LogP contribution < -0.4 is 11.1 Å². The van der Waals surface area contributed by atoms with Gasteiger partial charge in [-0.25, -0.2) is 0 Å². The van der Waals surface area contributed by atoms with Crippen molar-refractivity contribution in [2.45, 2.75) is 57.0 Å². The fourth-order valence-corrected chi connectivity index (χ4v) is 3.58. The van der Waals surface area contributed by atoms with Crippen LogP contribution in [-0.4, -0.2) is 29.5 Å². The summed E-state index contributed by atoms with van der Waals surface area (Å²) in [6.45, 7) is 0. The van der Waals surface area contributed by atoms with Crippen LogP contribution in [-0.2, 0) is 0 Å². The molecule has 1 aliphatic carbocycles. The van der Waals surface area contributed by atoms with Gasteiger partial charge in [-0.3, -0.25) is 4.99 Å². The summed E-state index contributed by atoms with van der Waals surface area (Å²) in [6.07, 6.45) is 9.01. The molecule has 1 aliphatic heterocycles. The molecule has 0 bridgehead atoms. The second kappa shape index (κ2) is 6.38. The summed E-state index contributed by atoms with van der Waals surface area (Å²) in [6, 6.07) is 1.03. The molecule has 2 fully saturated rings. The van der Waals surface area contributed by atoms with Gasteiger partial charge in [-0.1, -0.05) is 19.3 Å². The molecule has 1 saturated carbocycles. The first-order valence-electron chi connectivity index (χ1n) is 6.52. The number of nitrogens with two attached hydrogens (primary N) is 1. The Kier molecular flexibility index (Phi) is 4.82. The van der Waals surface area contributed by atoms with Crippen molar-refractivity contribution in [3.05, 3.63) is 0 Å². The van der Waals surface area contributed by atoms with Crippen LogP contribution in [0.15, 0.2) is 4.99 Å². The molecule has 0 aromatic rings. The number of aliphatic imine (C=N–C) groups is 1. The van der Waals surface area contributed by atoms with E-state index >= 15 is 0 Å². The van der Waals surface area contributed by atoms with E-state index in [1.807, 2.05) is 11.8 Å². The molecule has 2 aliphatic rings. The smallest absolute Gasteiger partial charge is 0.189 e. The highest BCUT2D eigenvalue weighted by molar-refractivity contribution is 7.99. The summed E-state index contributed by atoms with van der Waals surface area (Å²) in [5, 5.41) is 3.37. The van der Waals surface area contributed by atoms with Crippen LogP contribution in [0.3, 0.4) is 0 Å². The number of hydrogen-bond donors (Lipinski definition) is 2. The van der Waals surface area contributed by atoms with Gasteiger partial charge in [0.1, 0.15) is 0 Å². The highest BCUT2D eigenvalue weighted by Gasteiger charge is 2.16. The van der Waals surface area contributed by atoms with Crippen LogP contribution in [0.5, 0.6) is 0 Å². The third kappa shape index (κ3) is 3.89. The molecule has 1 atom stereocenters. The predicted octanol–water partition coefficient (Wildman–Crippen LogP) is 2.12. The van der Waals surface area contributed by atoms with Crippen molar-refractivity contribution in [1.29, 1.82) is 0 Å². The third-order valence-electron chi connectivity index (χ3n) is 3.41. The van der Waals surface area contributed by atoms with Crippen molar-refractivity contribution in [2.24, 2.45) is 10.7 Å². The lowest BCUT2D eigenvalue weighted by Crippen LogP contribution is -2.43. The minimum atomic E-state index is 0.484. The van der Waals surface area contributed by atoms with Crippen LogP contribution >= 0.6 is 11.8 Å². The molecule has 3 nitrogen and oxygen atoms in total. The predicted molar refractivity (Wildman–Crippen MR) is 72.0 cm³/mol. The second-order valence-electron chi connectivity index (χ2n) is 4.86. The molecule has 0 radical (unpaired) electrons. The summed E-state index contributed by atoms with van der Waals surface area (Å²) in [7, 11) is 0. The molecule has 0 aromatic heterocycles. The van der Waals surface area contributed by atoms with E-state index in [1.165, 1.54) is 56.5 Å². The average molecular weight is 241 g/mol. The van der Waals surface area contributed by atoms with Gasteiger partial charge in [0.2, 0.25) is 0 Å². The minimum Gasteiger partial charge on any atom is -0.370 e. The first kappa shape index (κ1) is 12.1. The van der Waals surface area contributed by atoms with Gasteiger partial charge in [-0.15, -0.1) is 0 Å². The van der Waals surface area contributed by atoms with Crippen molar-refractivity contribution in [3.63, 3.8) is 0 Å². The first-order valence-corrected chi connectivity index (χ1v) is 7.67. The fraction of sp³-hybridized carbons (Fsp3) is 0.917. The van der Waals surface area contributed by atoms with Gasteiger partial charge < -0.3 is 11.1 Å². The number of rotatable bonds is 2. The molecular formula is C12H23N3S. The number of nitrogens with one attached hydrogen (secondary N) is 1. The Balaban J connectivity index is 1.76. The number of hydrogen-bond acceptors (Lipinski definition) is 2. The van der Waals surface area contributed by atoms with E-state index in [9.17, 15) is 0 Å². The Hall–Kier alpha value is -0.380. The molecule has 2 rings (SSSR count). The zero-order valence-electron chi connectivity index (χ0n) is 9.95. The fourth-order valence-electron chi connectivity index (χ4n) is 2.51.